The first kappa shape index (κ1) is 14.0. The van der Waals surface area contributed by atoms with Gasteiger partial charge in [-0.05, 0) is 6.42 Å². The Balaban J connectivity index is 3.79. The van der Waals surface area contributed by atoms with Gasteiger partial charge in [0, 0.05) is 35.4 Å². The summed E-state index contributed by atoms with van der Waals surface area (Å²) >= 11 is 0. The summed E-state index contributed by atoms with van der Waals surface area (Å²) in [4.78, 5) is 0. The molecular formula is C7H18N2O3S2. The quantitative estimate of drug-likeness (QED) is 0.600. The van der Waals surface area contributed by atoms with Crippen molar-refractivity contribution in [3.8, 4) is 0 Å². The van der Waals surface area contributed by atoms with E-state index in [0.717, 1.165) is 0 Å². The Labute approximate surface area is 88.0 Å². The molecule has 0 aliphatic heterocycles. The van der Waals surface area contributed by atoms with Gasteiger partial charge in [0.1, 0.15) is 0 Å². The van der Waals surface area contributed by atoms with Crippen molar-refractivity contribution < 1.29 is 12.6 Å². The van der Waals surface area contributed by atoms with Crippen LogP contribution in [0.25, 0.3) is 0 Å². The normalized spacial score (nSPS) is 16.5. The molecule has 3 N–H and O–H groups in total. The van der Waals surface area contributed by atoms with E-state index in [9.17, 15) is 12.6 Å². The number of nitrogens with two attached hydrogens (primary N) is 1. The Morgan fingerprint density at radius 1 is 1.50 bits per heavy atom. The zero-order chi connectivity index (χ0) is 11.2. The van der Waals surface area contributed by atoms with Crippen LogP contribution < -0.4 is 10.5 Å². The predicted octanol–water partition coefficient (Wildman–Crippen LogP) is -0.978. The SMILES string of the molecule is CC(CCNS(=O)(=O)CCN)S(C)=O. The van der Waals surface area contributed by atoms with Gasteiger partial charge in [-0.1, -0.05) is 6.92 Å². The molecule has 0 saturated heterocycles. The first-order chi connectivity index (χ1) is 6.39. The fourth-order valence-electron chi connectivity index (χ4n) is 0.811. The maximum Gasteiger partial charge on any atom is 0.212 e. The van der Waals surface area contributed by atoms with Gasteiger partial charge in [0.05, 0.1) is 5.75 Å². The highest BCUT2D eigenvalue weighted by Crippen LogP contribution is 1.97. The standard InChI is InChI=1S/C7H18N2O3S2/c1-7(13(2)10)3-5-9-14(11,12)6-4-8/h7,9H,3-6,8H2,1-2H3. The third-order valence-electron chi connectivity index (χ3n) is 1.83. The monoisotopic (exact) mass is 242 g/mol. The molecule has 0 aliphatic rings. The summed E-state index contributed by atoms with van der Waals surface area (Å²) in [6.45, 7) is 2.26. The average molecular weight is 242 g/mol. The van der Waals surface area contributed by atoms with Crippen LogP contribution in [-0.2, 0) is 20.8 Å². The molecule has 2 atom stereocenters. The minimum atomic E-state index is -3.23. The van der Waals surface area contributed by atoms with Crippen molar-refractivity contribution >= 4 is 20.8 Å². The van der Waals surface area contributed by atoms with Crippen LogP contribution in [0.5, 0.6) is 0 Å². The van der Waals surface area contributed by atoms with Gasteiger partial charge in [-0.3, -0.25) is 4.21 Å². The van der Waals surface area contributed by atoms with Crippen LogP contribution >= 0.6 is 0 Å². The molecule has 86 valence electrons. The van der Waals surface area contributed by atoms with Crippen molar-refractivity contribution in [2.75, 3.05) is 25.1 Å². The summed E-state index contributed by atoms with van der Waals surface area (Å²) < 4.78 is 35.6. The molecule has 5 nitrogen and oxygen atoms in total. The molecule has 2 unspecified atom stereocenters. The van der Waals surface area contributed by atoms with Gasteiger partial charge in [0.2, 0.25) is 10.0 Å². The van der Waals surface area contributed by atoms with Crippen LogP contribution in [0.2, 0.25) is 0 Å². The smallest absolute Gasteiger partial charge is 0.212 e. The van der Waals surface area contributed by atoms with E-state index in [4.69, 9.17) is 5.73 Å². The lowest BCUT2D eigenvalue weighted by molar-refractivity contribution is 0.577. The Bertz CT molecular complexity index is 277. The molecule has 0 aromatic rings. The molecule has 14 heavy (non-hydrogen) atoms. The number of rotatable bonds is 7. The van der Waals surface area contributed by atoms with Crippen molar-refractivity contribution in [3.63, 3.8) is 0 Å². The Kier molecular flexibility index (Phi) is 6.50. The van der Waals surface area contributed by atoms with Crippen LogP contribution in [0.4, 0.5) is 0 Å². The van der Waals surface area contributed by atoms with Gasteiger partial charge in [0.25, 0.3) is 0 Å². The lowest BCUT2D eigenvalue weighted by Crippen LogP contribution is -2.32. The number of nitrogens with one attached hydrogen (secondary N) is 1. The summed E-state index contributed by atoms with van der Waals surface area (Å²) in [5, 5.41) is 0.00979. The highest BCUT2D eigenvalue weighted by molar-refractivity contribution is 7.89. The molecule has 0 spiro atoms. The van der Waals surface area contributed by atoms with Crippen LogP contribution in [0.1, 0.15) is 13.3 Å². The topological polar surface area (TPSA) is 89.3 Å². The van der Waals surface area contributed by atoms with E-state index in [0.29, 0.717) is 13.0 Å². The minimum Gasteiger partial charge on any atom is -0.329 e. The maximum atomic E-state index is 11.1. The largest absolute Gasteiger partial charge is 0.329 e. The highest BCUT2D eigenvalue weighted by atomic mass is 32.2. The third-order valence-corrected chi connectivity index (χ3v) is 4.61. The summed E-state index contributed by atoms with van der Waals surface area (Å²) in [6, 6.07) is 0. The molecule has 0 fully saturated rings. The fourth-order valence-corrected chi connectivity index (χ4v) is 2.14. The van der Waals surface area contributed by atoms with E-state index in [2.05, 4.69) is 4.72 Å². The van der Waals surface area contributed by atoms with Gasteiger partial charge < -0.3 is 5.73 Å². The van der Waals surface area contributed by atoms with Crippen molar-refractivity contribution in [2.24, 2.45) is 5.73 Å². The number of sulfonamides is 1. The van der Waals surface area contributed by atoms with Gasteiger partial charge in [0.15, 0.2) is 0 Å². The molecular weight excluding hydrogens is 224 g/mol. The summed E-state index contributed by atoms with van der Waals surface area (Å²) in [6.07, 6.45) is 2.19. The molecule has 0 rings (SSSR count). The molecule has 0 radical (unpaired) electrons. The van der Waals surface area contributed by atoms with E-state index in [1.165, 1.54) is 0 Å². The lowest BCUT2D eigenvalue weighted by Gasteiger charge is -2.09. The highest BCUT2D eigenvalue weighted by Gasteiger charge is 2.10. The van der Waals surface area contributed by atoms with Crippen LogP contribution in [-0.4, -0.2) is 43.0 Å². The Hall–Kier alpha value is 0.0200. The van der Waals surface area contributed by atoms with Gasteiger partial charge in [-0.15, -0.1) is 0 Å². The van der Waals surface area contributed by atoms with E-state index < -0.39 is 20.8 Å². The van der Waals surface area contributed by atoms with E-state index in [-0.39, 0.29) is 17.5 Å². The predicted molar refractivity (Wildman–Crippen MR) is 59.0 cm³/mol. The van der Waals surface area contributed by atoms with Crippen molar-refractivity contribution in [2.45, 2.75) is 18.6 Å². The van der Waals surface area contributed by atoms with Crippen molar-refractivity contribution in [1.82, 2.24) is 4.72 Å². The molecule has 7 heteroatoms. The number of hydrogen-bond acceptors (Lipinski definition) is 4. The van der Waals surface area contributed by atoms with Crippen LogP contribution in [0.3, 0.4) is 0 Å². The molecule has 0 amide bonds. The number of hydrogen-bond donors (Lipinski definition) is 2. The van der Waals surface area contributed by atoms with E-state index in [1.807, 2.05) is 6.92 Å². The molecule has 0 heterocycles. The summed E-state index contributed by atoms with van der Waals surface area (Å²) in [5.74, 6) is -0.0589. The van der Waals surface area contributed by atoms with Gasteiger partial charge >= 0.3 is 0 Å². The van der Waals surface area contributed by atoms with Crippen molar-refractivity contribution in [3.05, 3.63) is 0 Å². The van der Waals surface area contributed by atoms with Crippen LogP contribution in [0.15, 0.2) is 0 Å². The van der Waals surface area contributed by atoms with E-state index in [1.54, 1.807) is 6.26 Å². The lowest BCUT2D eigenvalue weighted by atomic mass is 10.3. The van der Waals surface area contributed by atoms with Crippen molar-refractivity contribution in [1.29, 1.82) is 0 Å². The Morgan fingerprint density at radius 3 is 2.50 bits per heavy atom. The van der Waals surface area contributed by atoms with E-state index >= 15 is 0 Å². The minimum absolute atomic E-state index is 0.00979. The Morgan fingerprint density at radius 2 is 2.07 bits per heavy atom. The summed E-state index contributed by atoms with van der Waals surface area (Å²) in [7, 11) is -4.13. The zero-order valence-electron chi connectivity index (χ0n) is 8.52. The first-order valence-electron chi connectivity index (χ1n) is 4.38. The second kappa shape index (κ2) is 6.49. The third kappa shape index (κ3) is 6.47. The van der Waals surface area contributed by atoms with Crippen LogP contribution in [0, 0.1) is 0 Å². The maximum absolute atomic E-state index is 11.1. The summed E-state index contributed by atoms with van der Waals surface area (Å²) in [5.41, 5.74) is 5.13. The zero-order valence-corrected chi connectivity index (χ0v) is 10.2. The molecule has 0 aromatic heterocycles. The molecule has 0 aromatic carbocycles. The first-order valence-corrected chi connectivity index (χ1v) is 7.66. The van der Waals surface area contributed by atoms with Gasteiger partial charge in [-0.25, -0.2) is 13.1 Å². The molecule has 0 aliphatic carbocycles. The average Bonchev–Trinajstić information content (AvgIpc) is 2.03. The second-order valence-corrected chi connectivity index (χ2v) is 6.83. The second-order valence-electron chi connectivity index (χ2n) is 3.10. The fraction of sp³-hybridized carbons (Fsp3) is 1.00. The molecule has 0 bridgehead atoms. The van der Waals surface area contributed by atoms with Gasteiger partial charge in [-0.2, -0.15) is 0 Å². The molecule has 0 saturated carbocycles.